The van der Waals surface area contributed by atoms with Crippen LogP contribution in [-0.2, 0) is 0 Å². The molecule has 0 fully saturated rings. The van der Waals surface area contributed by atoms with Crippen LogP contribution in [-0.4, -0.2) is 8.07 Å². The first kappa shape index (κ1) is 33.6. The van der Waals surface area contributed by atoms with Gasteiger partial charge in [0.2, 0.25) is 0 Å². The standard InChI is InChI=1S/C54H39NSi/c1-5-18-40(19-6-1)41-32-36-44(37-33-41)55(51-29-15-13-26-48(51)42-20-7-2-8-21-42)45-38-34-43(35-39-45)49-28-17-31-53-54(49)50-27-14-16-30-52(50)56(53,46-22-9-3-10-23-46)47-24-11-4-12-25-47/h1-39H. The molecule has 0 aromatic heterocycles. The third-order valence-corrected chi connectivity index (χ3v) is 16.2. The van der Waals surface area contributed by atoms with Crippen molar-refractivity contribution < 1.29 is 0 Å². The summed E-state index contributed by atoms with van der Waals surface area (Å²) in [6, 6.07) is 86.8. The summed E-state index contributed by atoms with van der Waals surface area (Å²) >= 11 is 0. The highest BCUT2D eigenvalue weighted by Crippen LogP contribution is 2.43. The minimum Gasteiger partial charge on any atom is -0.310 e. The first-order valence-electron chi connectivity index (χ1n) is 19.4. The monoisotopic (exact) mass is 729 g/mol. The number of benzene rings is 9. The van der Waals surface area contributed by atoms with E-state index in [0.717, 1.165) is 17.1 Å². The molecule has 1 heterocycles. The quantitative estimate of drug-likeness (QED) is 0.141. The molecule has 0 amide bonds. The van der Waals surface area contributed by atoms with Crippen molar-refractivity contribution in [1.82, 2.24) is 0 Å². The van der Waals surface area contributed by atoms with Crippen molar-refractivity contribution in [3.8, 4) is 44.5 Å². The summed E-state index contributed by atoms with van der Waals surface area (Å²) in [5.41, 5.74) is 13.3. The van der Waals surface area contributed by atoms with Crippen LogP contribution >= 0.6 is 0 Å². The Kier molecular flexibility index (Phi) is 8.59. The fraction of sp³-hybridized carbons (Fsp3) is 0. The van der Waals surface area contributed by atoms with E-state index in [2.05, 4.69) is 241 Å². The van der Waals surface area contributed by atoms with Crippen molar-refractivity contribution in [3.63, 3.8) is 0 Å². The van der Waals surface area contributed by atoms with Gasteiger partial charge in [0.1, 0.15) is 0 Å². The topological polar surface area (TPSA) is 3.24 Å². The van der Waals surface area contributed by atoms with Gasteiger partial charge >= 0.3 is 0 Å². The fourth-order valence-corrected chi connectivity index (χ4v) is 14.1. The van der Waals surface area contributed by atoms with E-state index in [-0.39, 0.29) is 0 Å². The molecule has 0 N–H and O–H groups in total. The molecule has 2 heteroatoms. The highest BCUT2D eigenvalue weighted by molar-refractivity contribution is 7.22. The second kappa shape index (κ2) is 14.3. The SMILES string of the molecule is c1ccc(-c2ccc(N(c3ccc(-c4cccc5c4-c4ccccc4[Si]5(c4ccccc4)c4ccccc4)cc3)c3ccccc3-c3ccccc3)cc2)cc1. The van der Waals surface area contributed by atoms with Crippen LogP contribution in [0.3, 0.4) is 0 Å². The van der Waals surface area contributed by atoms with Gasteiger partial charge in [-0.25, -0.2) is 0 Å². The molecule has 10 rings (SSSR count). The summed E-state index contributed by atoms with van der Waals surface area (Å²) in [7, 11) is -2.58. The molecule has 0 bridgehead atoms. The third-order valence-electron chi connectivity index (χ3n) is 11.4. The largest absolute Gasteiger partial charge is 0.310 e. The Morgan fingerprint density at radius 3 is 1.29 bits per heavy atom. The Morgan fingerprint density at radius 1 is 0.268 bits per heavy atom. The van der Waals surface area contributed by atoms with Gasteiger partial charge in [0.25, 0.3) is 0 Å². The van der Waals surface area contributed by atoms with E-state index in [1.807, 2.05) is 0 Å². The summed E-state index contributed by atoms with van der Waals surface area (Å²) in [5, 5.41) is 5.74. The van der Waals surface area contributed by atoms with Crippen molar-refractivity contribution in [2.75, 3.05) is 4.90 Å². The average molecular weight is 730 g/mol. The zero-order valence-corrected chi connectivity index (χ0v) is 32.0. The van der Waals surface area contributed by atoms with Gasteiger partial charge in [-0.3, -0.25) is 0 Å². The Morgan fingerprint density at radius 2 is 0.679 bits per heavy atom. The predicted octanol–water partition coefficient (Wildman–Crippen LogP) is 11.5. The third kappa shape index (κ3) is 5.62. The number of fused-ring (bicyclic) bond motifs is 3. The second-order valence-corrected chi connectivity index (χ2v) is 18.2. The Balaban J connectivity index is 1.13. The molecule has 0 saturated heterocycles. The molecule has 264 valence electrons. The molecule has 9 aromatic carbocycles. The summed E-state index contributed by atoms with van der Waals surface area (Å²) in [6.07, 6.45) is 0. The van der Waals surface area contributed by atoms with Crippen molar-refractivity contribution >= 4 is 45.9 Å². The van der Waals surface area contributed by atoms with E-state index >= 15 is 0 Å². The lowest BCUT2D eigenvalue weighted by Gasteiger charge is -2.31. The summed E-state index contributed by atoms with van der Waals surface area (Å²) in [5.74, 6) is 0. The number of rotatable bonds is 8. The smallest absolute Gasteiger partial charge is 0.180 e. The van der Waals surface area contributed by atoms with Crippen LogP contribution in [0.25, 0.3) is 44.5 Å². The van der Waals surface area contributed by atoms with E-state index < -0.39 is 8.07 Å². The van der Waals surface area contributed by atoms with Crippen LogP contribution in [0.4, 0.5) is 17.1 Å². The Bertz CT molecular complexity index is 2720. The van der Waals surface area contributed by atoms with Crippen LogP contribution in [0.2, 0.25) is 0 Å². The van der Waals surface area contributed by atoms with Gasteiger partial charge in [-0.2, -0.15) is 0 Å². The number of anilines is 3. The van der Waals surface area contributed by atoms with E-state index in [1.54, 1.807) is 0 Å². The molecule has 9 aromatic rings. The molecule has 1 aliphatic heterocycles. The van der Waals surface area contributed by atoms with Gasteiger partial charge in [0.15, 0.2) is 8.07 Å². The second-order valence-electron chi connectivity index (χ2n) is 14.4. The highest BCUT2D eigenvalue weighted by Gasteiger charge is 2.49. The number of nitrogens with zero attached hydrogens (tertiary/aromatic N) is 1. The lowest BCUT2D eigenvalue weighted by Crippen LogP contribution is -2.72. The Labute approximate surface area is 330 Å². The Hall–Kier alpha value is -7.00. The zero-order chi connectivity index (χ0) is 37.3. The van der Waals surface area contributed by atoms with Crippen LogP contribution in [0.5, 0.6) is 0 Å². The molecule has 1 aliphatic rings. The molecule has 0 unspecified atom stereocenters. The normalized spacial score (nSPS) is 12.4. The van der Waals surface area contributed by atoms with E-state index in [1.165, 1.54) is 65.3 Å². The molecular weight excluding hydrogens is 691 g/mol. The van der Waals surface area contributed by atoms with Crippen LogP contribution in [0, 0.1) is 0 Å². The lowest BCUT2D eigenvalue weighted by molar-refractivity contribution is 1.28. The van der Waals surface area contributed by atoms with Crippen LogP contribution in [0.15, 0.2) is 237 Å². The van der Waals surface area contributed by atoms with Crippen molar-refractivity contribution in [2.45, 2.75) is 0 Å². The van der Waals surface area contributed by atoms with Crippen molar-refractivity contribution in [1.29, 1.82) is 0 Å². The number of hydrogen-bond acceptors (Lipinski definition) is 1. The van der Waals surface area contributed by atoms with Crippen molar-refractivity contribution in [2.24, 2.45) is 0 Å². The molecular formula is C54H39NSi. The van der Waals surface area contributed by atoms with E-state index in [0.29, 0.717) is 0 Å². The maximum atomic E-state index is 2.40. The molecule has 0 radical (unpaired) electrons. The van der Waals surface area contributed by atoms with Gasteiger partial charge in [0, 0.05) is 16.9 Å². The molecule has 0 aliphatic carbocycles. The lowest BCUT2D eigenvalue weighted by atomic mass is 9.94. The van der Waals surface area contributed by atoms with E-state index in [9.17, 15) is 0 Å². The summed E-state index contributed by atoms with van der Waals surface area (Å²) in [4.78, 5) is 2.40. The van der Waals surface area contributed by atoms with Crippen LogP contribution in [0.1, 0.15) is 0 Å². The number of para-hydroxylation sites is 1. The molecule has 0 saturated carbocycles. The van der Waals surface area contributed by atoms with Gasteiger partial charge in [-0.15, -0.1) is 0 Å². The molecule has 56 heavy (non-hydrogen) atoms. The molecule has 1 nitrogen and oxygen atoms in total. The highest BCUT2D eigenvalue weighted by atomic mass is 28.3. The minimum absolute atomic E-state index is 1.11. The van der Waals surface area contributed by atoms with Gasteiger partial charge in [0.05, 0.1) is 5.69 Å². The maximum Gasteiger partial charge on any atom is 0.180 e. The first-order chi connectivity index (χ1) is 27.8. The predicted molar refractivity (Wildman–Crippen MR) is 240 cm³/mol. The average Bonchev–Trinajstić information content (AvgIpc) is 3.60. The van der Waals surface area contributed by atoms with Gasteiger partial charge in [-0.05, 0) is 90.0 Å². The summed E-state index contributed by atoms with van der Waals surface area (Å²) in [6.45, 7) is 0. The van der Waals surface area contributed by atoms with Crippen LogP contribution < -0.4 is 25.6 Å². The zero-order valence-electron chi connectivity index (χ0n) is 31.0. The molecule has 0 atom stereocenters. The maximum absolute atomic E-state index is 2.58. The van der Waals surface area contributed by atoms with Crippen molar-refractivity contribution in [3.05, 3.63) is 237 Å². The molecule has 0 spiro atoms. The summed E-state index contributed by atoms with van der Waals surface area (Å²) < 4.78 is 0. The van der Waals surface area contributed by atoms with Gasteiger partial charge in [-0.1, -0.05) is 206 Å². The van der Waals surface area contributed by atoms with E-state index in [4.69, 9.17) is 0 Å². The first-order valence-corrected chi connectivity index (χ1v) is 21.4. The fourth-order valence-electron chi connectivity index (χ4n) is 8.92. The van der Waals surface area contributed by atoms with Gasteiger partial charge < -0.3 is 4.90 Å². The minimum atomic E-state index is -2.58. The number of hydrogen-bond donors (Lipinski definition) is 0.